The number of hydrogen-bond donors (Lipinski definition) is 0. The Hall–Kier alpha value is -1.28. The van der Waals surface area contributed by atoms with Gasteiger partial charge in [-0.2, -0.15) is 0 Å². The van der Waals surface area contributed by atoms with Crippen LogP contribution in [0.1, 0.15) is 27.7 Å². The fraction of sp³-hybridized carbons (Fsp3) is 0.625. The fourth-order valence-corrected chi connectivity index (χ4v) is 2.13. The van der Waals surface area contributed by atoms with E-state index in [9.17, 15) is 0 Å². The number of rotatable bonds is 7. The molecule has 0 spiro atoms. The van der Waals surface area contributed by atoms with Crippen LogP contribution in [0.3, 0.4) is 0 Å². The van der Waals surface area contributed by atoms with Crippen LogP contribution in [0.4, 0.5) is 0 Å². The maximum atomic E-state index is 6.07. The highest BCUT2D eigenvalue weighted by Gasteiger charge is 2.51. The number of methoxy groups -OCH3 is 2. The van der Waals surface area contributed by atoms with E-state index >= 15 is 0 Å². The maximum absolute atomic E-state index is 6.07. The minimum atomic E-state index is -0.490. The van der Waals surface area contributed by atoms with Gasteiger partial charge in [0.15, 0.2) is 13.6 Å². The van der Waals surface area contributed by atoms with Crippen LogP contribution in [0, 0.1) is 0 Å². The van der Waals surface area contributed by atoms with Crippen molar-refractivity contribution in [1.29, 1.82) is 0 Å². The molecule has 6 nitrogen and oxygen atoms in total. The smallest absolute Gasteiger partial charge is 0.467 e. The minimum Gasteiger partial charge on any atom is -0.467 e. The van der Waals surface area contributed by atoms with Crippen molar-refractivity contribution in [3.8, 4) is 11.5 Å². The van der Waals surface area contributed by atoms with Gasteiger partial charge in [0.25, 0.3) is 0 Å². The summed E-state index contributed by atoms with van der Waals surface area (Å²) < 4.78 is 33.1. The van der Waals surface area contributed by atoms with Gasteiger partial charge in [0, 0.05) is 20.3 Å². The van der Waals surface area contributed by atoms with Gasteiger partial charge in [-0.15, -0.1) is 0 Å². The topological polar surface area (TPSA) is 55.4 Å². The molecule has 1 saturated heterocycles. The average Bonchev–Trinajstić information content (AvgIpc) is 2.71. The van der Waals surface area contributed by atoms with Gasteiger partial charge in [-0.3, -0.25) is 0 Å². The molecular weight excluding hydrogens is 299 g/mol. The fourth-order valence-electron chi connectivity index (χ4n) is 2.13. The first-order valence-corrected chi connectivity index (χ1v) is 7.53. The molecule has 1 aliphatic rings. The Bertz CT molecular complexity index is 489. The predicted octanol–water partition coefficient (Wildman–Crippen LogP) is 1.95. The molecule has 2 rings (SSSR count). The average molecular weight is 324 g/mol. The molecule has 0 atom stereocenters. The van der Waals surface area contributed by atoms with Crippen LogP contribution in [-0.2, 0) is 18.8 Å². The first-order valence-electron chi connectivity index (χ1n) is 7.53. The third-order valence-corrected chi connectivity index (χ3v) is 4.11. The van der Waals surface area contributed by atoms with Gasteiger partial charge < -0.3 is 28.3 Å². The minimum absolute atomic E-state index is 0.149. The van der Waals surface area contributed by atoms with E-state index in [0.717, 1.165) is 5.46 Å². The monoisotopic (exact) mass is 324 g/mol. The molecule has 1 aromatic rings. The summed E-state index contributed by atoms with van der Waals surface area (Å²) in [6.07, 6.45) is 0. The summed E-state index contributed by atoms with van der Waals surface area (Å²) in [6, 6.07) is 5.49. The van der Waals surface area contributed by atoms with Crippen molar-refractivity contribution >= 4 is 12.6 Å². The van der Waals surface area contributed by atoms with Crippen molar-refractivity contribution in [3.05, 3.63) is 18.2 Å². The standard InChI is InChI=1S/C16H25BO6/c1-15(2)16(3,4)23-17(22-15)12-7-13(20-10-18-5)9-14(8-12)21-11-19-6/h7-9H,10-11H2,1-6H3. The normalized spacial score (nSPS) is 19.0. The lowest BCUT2D eigenvalue weighted by Gasteiger charge is -2.32. The zero-order valence-electron chi connectivity index (χ0n) is 14.7. The predicted molar refractivity (Wildman–Crippen MR) is 87.2 cm³/mol. The molecule has 0 bridgehead atoms. The number of ether oxygens (including phenoxy) is 4. The van der Waals surface area contributed by atoms with E-state index in [1.807, 2.05) is 39.8 Å². The zero-order valence-corrected chi connectivity index (χ0v) is 14.7. The molecule has 1 aliphatic heterocycles. The molecule has 1 fully saturated rings. The van der Waals surface area contributed by atoms with E-state index in [-0.39, 0.29) is 13.6 Å². The summed E-state index contributed by atoms with van der Waals surface area (Å²) >= 11 is 0. The van der Waals surface area contributed by atoms with Crippen LogP contribution in [0.15, 0.2) is 18.2 Å². The van der Waals surface area contributed by atoms with Gasteiger partial charge in [-0.25, -0.2) is 0 Å². The number of hydrogen-bond acceptors (Lipinski definition) is 6. The van der Waals surface area contributed by atoms with E-state index in [2.05, 4.69) is 0 Å². The third kappa shape index (κ3) is 4.17. The second kappa shape index (κ2) is 7.09. The van der Waals surface area contributed by atoms with Gasteiger partial charge in [0.1, 0.15) is 11.5 Å². The Morgan fingerprint density at radius 2 is 1.26 bits per heavy atom. The molecule has 0 saturated carbocycles. The van der Waals surface area contributed by atoms with Crippen LogP contribution >= 0.6 is 0 Å². The van der Waals surface area contributed by atoms with E-state index in [1.54, 1.807) is 20.3 Å². The molecule has 0 radical (unpaired) electrons. The summed E-state index contributed by atoms with van der Waals surface area (Å²) in [5, 5.41) is 0. The molecule has 0 unspecified atom stereocenters. The molecule has 1 aromatic carbocycles. The summed E-state index contributed by atoms with van der Waals surface area (Å²) in [7, 11) is 2.65. The summed E-state index contributed by atoms with van der Waals surface area (Å²) in [4.78, 5) is 0. The van der Waals surface area contributed by atoms with Crippen LogP contribution in [-0.4, -0.2) is 46.1 Å². The summed E-state index contributed by atoms with van der Waals surface area (Å²) in [5.74, 6) is 1.23. The maximum Gasteiger partial charge on any atom is 0.495 e. The Kier molecular flexibility index (Phi) is 5.57. The van der Waals surface area contributed by atoms with Crippen molar-refractivity contribution in [2.45, 2.75) is 38.9 Å². The highest BCUT2D eigenvalue weighted by molar-refractivity contribution is 6.62. The third-order valence-electron chi connectivity index (χ3n) is 4.11. The Morgan fingerprint density at radius 1 is 0.826 bits per heavy atom. The van der Waals surface area contributed by atoms with E-state index in [1.165, 1.54) is 0 Å². The summed E-state index contributed by atoms with van der Waals surface area (Å²) in [6.45, 7) is 8.36. The van der Waals surface area contributed by atoms with Crippen molar-refractivity contribution < 1.29 is 28.3 Å². The first kappa shape index (κ1) is 18.1. The lowest BCUT2D eigenvalue weighted by Crippen LogP contribution is -2.41. The molecule has 128 valence electrons. The van der Waals surface area contributed by atoms with Crippen molar-refractivity contribution in [2.75, 3.05) is 27.8 Å². The molecule has 0 aromatic heterocycles. The van der Waals surface area contributed by atoms with Crippen LogP contribution in [0.5, 0.6) is 11.5 Å². The Morgan fingerprint density at radius 3 is 1.65 bits per heavy atom. The van der Waals surface area contributed by atoms with Gasteiger partial charge in [-0.1, -0.05) is 0 Å². The second-order valence-corrected chi connectivity index (χ2v) is 6.43. The molecule has 0 amide bonds. The SMILES string of the molecule is COCOc1cc(OCOC)cc(B2OC(C)(C)C(C)(C)O2)c1. The Balaban J connectivity index is 2.26. The van der Waals surface area contributed by atoms with Crippen molar-refractivity contribution in [1.82, 2.24) is 0 Å². The molecule has 7 heteroatoms. The Labute approximate surface area is 138 Å². The first-order chi connectivity index (χ1) is 10.8. The summed E-state index contributed by atoms with van der Waals surface area (Å²) in [5.41, 5.74) is 0.00630. The van der Waals surface area contributed by atoms with Gasteiger partial charge in [0.2, 0.25) is 0 Å². The molecule has 1 heterocycles. The van der Waals surface area contributed by atoms with E-state index < -0.39 is 18.3 Å². The number of benzene rings is 1. The molecule has 0 aliphatic carbocycles. The van der Waals surface area contributed by atoms with Crippen LogP contribution in [0.25, 0.3) is 0 Å². The largest absolute Gasteiger partial charge is 0.495 e. The van der Waals surface area contributed by atoms with Crippen LogP contribution in [0.2, 0.25) is 0 Å². The molecular formula is C16H25BO6. The van der Waals surface area contributed by atoms with Gasteiger partial charge >= 0.3 is 7.12 Å². The van der Waals surface area contributed by atoms with Crippen molar-refractivity contribution in [2.24, 2.45) is 0 Å². The van der Waals surface area contributed by atoms with Gasteiger partial charge in [0.05, 0.1) is 11.2 Å². The van der Waals surface area contributed by atoms with Crippen LogP contribution < -0.4 is 14.9 Å². The highest BCUT2D eigenvalue weighted by Crippen LogP contribution is 2.37. The van der Waals surface area contributed by atoms with E-state index in [0.29, 0.717) is 11.5 Å². The second-order valence-electron chi connectivity index (χ2n) is 6.43. The lowest BCUT2D eigenvalue weighted by molar-refractivity contribution is 0.00578. The van der Waals surface area contributed by atoms with Crippen molar-refractivity contribution in [3.63, 3.8) is 0 Å². The molecule has 0 N–H and O–H groups in total. The lowest BCUT2D eigenvalue weighted by atomic mass is 9.79. The zero-order chi connectivity index (χ0) is 17.1. The quantitative estimate of drug-likeness (QED) is 0.564. The van der Waals surface area contributed by atoms with E-state index in [4.69, 9.17) is 28.3 Å². The van der Waals surface area contributed by atoms with Gasteiger partial charge in [-0.05, 0) is 45.3 Å². The highest BCUT2D eigenvalue weighted by atomic mass is 16.7. The molecule has 23 heavy (non-hydrogen) atoms.